The monoisotopic (exact) mass is 334 g/mol. The average Bonchev–Trinajstić information content (AvgIpc) is 2.57. The lowest BCUT2D eigenvalue weighted by Crippen LogP contribution is -2.21. The molecule has 2 rings (SSSR count). The quantitative estimate of drug-likeness (QED) is 0.844. The van der Waals surface area contributed by atoms with Crippen LogP contribution < -0.4 is 14.4 Å². The first kappa shape index (κ1) is 17.1. The van der Waals surface area contributed by atoms with E-state index in [0.29, 0.717) is 11.4 Å². The number of ether oxygens (including phenoxy) is 1. The first-order chi connectivity index (χ1) is 11.0. The summed E-state index contributed by atoms with van der Waals surface area (Å²) in [5.41, 5.74) is 1.59. The Bertz CT molecular complexity index is 739. The molecule has 0 fully saturated rings. The first-order valence-corrected chi connectivity index (χ1v) is 9.01. The van der Waals surface area contributed by atoms with Crippen LogP contribution in [0.15, 0.2) is 53.4 Å². The number of para-hydroxylation sites is 1. The van der Waals surface area contributed by atoms with Gasteiger partial charge < -0.3 is 9.64 Å². The molecular weight excluding hydrogens is 312 g/mol. The van der Waals surface area contributed by atoms with E-state index >= 15 is 0 Å². The molecule has 6 heteroatoms. The van der Waals surface area contributed by atoms with E-state index in [1.807, 2.05) is 12.1 Å². The van der Waals surface area contributed by atoms with Crippen molar-refractivity contribution in [3.05, 3.63) is 48.5 Å². The van der Waals surface area contributed by atoms with Crippen molar-refractivity contribution in [2.24, 2.45) is 0 Å². The minimum absolute atomic E-state index is 0.121. The molecule has 124 valence electrons. The fourth-order valence-corrected chi connectivity index (χ4v) is 3.61. The Morgan fingerprint density at radius 3 is 2.17 bits per heavy atom. The molecule has 0 aliphatic carbocycles. The van der Waals surface area contributed by atoms with Crippen LogP contribution in [-0.4, -0.2) is 28.6 Å². The van der Waals surface area contributed by atoms with Crippen molar-refractivity contribution in [3.63, 3.8) is 0 Å². The molecule has 0 unspecified atom stereocenters. The maximum Gasteiger partial charge on any atom is 0.265 e. The van der Waals surface area contributed by atoms with Gasteiger partial charge in [-0.25, -0.2) is 8.42 Å². The summed E-state index contributed by atoms with van der Waals surface area (Å²) in [6.45, 7) is 5.98. The summed E-state index contributed by atoms with van der Waals surface area (Å²) in [7, 11) is -2.24. The summed E-state index contributed by atoms with van der Waals surface area (Å²) >= 11 is 0. The van der Waals surface area contributed by atoms with Gasteiger partial charge in [-0.15, -0.1) is 0 Å². The van der Waals surface area contributed by atoms with E-state index in [0.717, 1.165) is 18.8 Å². The Balaban J connectivity index is 2.24. The molecule has 0 saturated heterocycles. The van der Waals surface area contributed by atoms with E-state index in [4.69, 9.17) is 4.74 Å². The molecular formula is C17H22N2O3S. The normalized spacial score (nSPS) is 11.1. The van der Waals surface area contributed by atoms with Crippen LogP contribution in [0, 0.1) is 0 Å². The molecule has 0 aromatic heterocycles. The number of sulfonamides is 1. The predicted molar refractivity (Wildman–Crippen MR) is 93.8 cm³/mol. The number of nitrogens with zero attached hydrogens (tertiary/aromatic N) is 1. The van der Waals surface area contributed by atoms with Gasteiger partial charge >= 0.3 is 0 Å². The number of methoxy groups -OCH3 is 1. The molecule has 0 saturated carbocycles. The van der Waals surface area contributed by atoms with E-state index < -0.39 is 10.0 Å². The second kappa shape index (κ2) is 7.37. The Kier molecular flexibility index (Phi) is 5.50. The third-order valence-corrected chi connectivity index (χ3v) is 5.03. The van der Waals surface area contributed by atoms with E-state index in [9.17, 15) is 8.42 Å². The Labute approximate surface area is 137 Å². The molecule has 5 nitrogen and oxygen atoms in total. The van der Waals surface area contributed by atoms with Gasteiger partial charge in [0.15, 0.2) is 0 Å². The van der Waals surface area contributed by atoms with Crippen molar-refractivity contribution < 1.29 is 13.2 Å². The molecule has 2 aromatic carbocycles. The summed E-state index contributed by atoms with van der Waals surface area (Å²) in [6, 6.07) is 13.9. The van der Waals surface area contributed by atoms with Gasteiger partial charge in [-0.1, -0.05) is 12.1 Å². The average molecular weight is 334 g/mol. The Morgan fingerprint density at radius 2 is 1.61 bits per heavy atom. The summed E-state index contributed by atoms with van der Waals surface area (Å²) in [5, 5.41) is 0. The van der Waals surface area contributed by atoms with Crippen LogP contribution >= 0.6 is 0 Å². The number of hydrogen-bond acceptors (Lipinski definition) is 4. The van der Waals surface area contributed by atoms with Crippen molar-refractivity contribution >= 4 is 21.4 Å². The number of hydrogen-bond donors (Lipinski definition) is 1. The van der Waals surface area contributed by atoms with Gasteiger partial charge in [-0.05, 0) is 50.2 Å². The van der Waals surface area contributed by atoms with Gasteiger partial charge in [-0.2, -0.15) is 0 Å². The molecule has 0 aliphatic heterocycles. The fraction of sp³-hybridized carbons (Fsp3) is 0.294. The van der Waals surface area contributed by atoms with Crippen molar-refractivity contribution in [1.29, 1.82) is 0 Å². The van der Waals surface area contributed by atoms with Crippen molar-refractivity contribution in [1.82, 2.24) is 0 Å². The number of benzene rings is 2. The fourth-order valence-electron chi connectivity index (χ4n) is 2.38. The van der Waals surface area contributed by atoms with Gasteiger partial charge in [0.1, 0.15) is 10.6 Å². The zero-order chi connectivity index (χ0) is 16.9. The summed E-state index contributed by atoms with van der Waals surface area (Å²) < 4.78 is 32.7. The lowest BCUT2D eigenvalue weighted by atomic mass is 10.2. The molecule has 23 heavy (non-hydrogen) atoms. The first-order valence-electron chi connectivity index (χ1n) is 7.52. The van der Waals surface area contributed by atoms with E-state index in [1.54, 1.807) is 30.3 Å². The third kappa shape index (κ3) is 3.96. The lowest BCUT2D eigenvalue weighted by Gasteiger charge is -2.21. The molecule has 0 heterocycles. The Hall–Kier alpha value is -2.21. The molecule has 0 aliphatic rings. The van der Waals surface area contributed by atoms with Crippen molar-refractivity contribution in [2.75, 3.05) is 29.8 Å². The van der Waals surface area contributed by atoms with Crippen LogP contribution in [0.4, 0.5) is 11.4 Å². The topological polar surface area (TPSA) is 58.6 Å². The van der Waals surface area contributed by atoms with Crippen molar-refractivity contribution in [2.45, 2.75) is 18.7 Å². The number of anilines is 2. The summed E-state index contributed by atoms with van der Waals surface area (Å²) in [5.74, 6) is 0.319. The summed E-state index contributed by atoms with van der Waals surface area (Å²) in [4.78, 5) is 2.31. The van der Waals surface area contributed by atoms with E-state index in [1.165, 1.54) is 13.2 Å². The molecule has 1 N–H and O–H groups in total. The van der Waals surface area contributed by atoms with E-state index in [2.05, 4.69) is 23.5 Å². The molecule has 0 radical (unpaired) electrons. The minimum atomic E-state index is -3.69. The van der Waals surface area contributed by atoms with Crippen LogP contribution in [-0.2, 0) is 10.0 Å². The molecule has 0 atom stereocenters. The van der Waals surface area contributed by atoms with Gasteiger partial charge in [-0.3, -0.25) is 4.72 Å². The van der Waals surface area contributed by atoms with Crippen LogP contribution in [0.1, 0.15) is 13.8 Å². The highest BCUT2D eigenvalue weighted by atomic mass is 32.2. The summed E-state index contributed by atoms with van der Waals surface area (Å²) in [6.07, 6.45) is 0. The van der Waals surface area contributed by atoms with Crippen LogP contribution in [0.5, 0.6) is 5.75 Å². The second-order valence-electron chi connectivity index (χ2n) is 4.98. The van der Waals surface area contributed by atoms with E-state index in [-0.39, 0.29) is 4.90 Å². The molecule has 0 spiro atoms. The van der Waals surface area contributed by atoms with Gasteiger partial charge in [0.2, 0.25) is 0 Å². The van der Waals surface area contributed by atoms with Gasteiger partial charge in [0, 0.05) is 24.5 Å². The standard InChI is InChI=1S/C17H22N2O3S/c1-4-19(5-2)15-12-10-14(11-13-15)18-23(20,21)17-9-7-6-8-16(17)22-3/h6-13,18H,4-5H2,1-3H3. The minimum Gasteiger partial charge on any atom is -0.495 e. The van der Waals surface area contributed by atoms with Crippen LogP contribution in [0.25, 0.3) is 0 Å². The zero-order valence-corrected chi connectivity index (χ0v) is 14.4. The molecule has 2 aromatic rings. The number of nitrogens with one attached hydrogen (secondary N) is 1. The zero-order valence-electron chi connectivity index (χ0n) is 13.6. The second-order valence-corrected chi connectivity index (χ2v) is 6.63. The predicted octanol–water partition coefficient (Wildman–Crippen LogP) is 3.34. The van der Waals surface area contributed by atoms with Crippen molar-refractivity contribution in [3.8, 4) is 5.75 Å². The lowest BCUT2D eigenvalue weighted by molar-refractivity contribution is 0.403. The number of rotatable bonds is 7. The molecule has 0 amide bonds. The maximum absolute atomic E-state index is 12.5. The highest BCUT2D eigenvalue weighted by Crippen LogP contribution is 2.26. The third-order valence-electron chi connectivity index (χ3n) is 3.61. The SMILES string of the molecule is CCN(CC)c1ccc(NS(=O)(=O)c2ccccc2OC)cc1. The van der Waals surface area contributed by atoms with Crippen LogP contribution in [0.3, 0.4) is 0 Å². The van der Waals surface area contributed by atoms with Gasteiger partial charge in [0.25, 0.3) is 10.0 Å². The smallest absolute Gasteiger partial charge is 0.265 e. The van der Waals surface area contributed by atoms with Crippen LogP contribution in [0.2, 0.25) is 0 Å². The molecule has 0 bridgehead atoms. The Morgan fingerprint density at radius 1 is 1.00 bits per heavy atom. The maximum atomic E-state index is 12.5. The highest BCUT2D eigenvalue weighted by molar-refractivity contribution is 7.92. The highest BCUT2D eigenvalue weighted by Gasteiger charge is 2.19. The van der Waals surface area contributed by atoms with Gasteiger partial charge in [0.05, 0.1) is 7.11 Å². The largest absolute Gasteiger partial charge is 0.495 e.